The second-order valence-corrected chi connectivity index (χ2v) is 1.51. The second-order valence-electron chi connectivity index (χ2n) is 1.51. The molecule has 0 rings (SSSR count). The van der Waals surface area contributed by atoms with Crippen LogP contribution in [0.1, 0.15) is 6.92 Å². The largest absolute Gasteiger partial charge is 0.465 e. The Morgan fingerprint density at radius 3 is 2.00 bits per heavy atom. The van der Waals surface area contributed by atoms with Crippen molar-refractivity contribution in [2.24, 2.45) is 0 Å². The molecule has 0 saturated heterocycles. The zero-order valence-electron chi connectivity index (χ0n) is 4.71. The van der Waals surface area contributed by atoms with E-state index in [-0.39, 0.29) is 0 Å². The Balaban J connectivity index is 3.82. The zero-order valence-corrected chi connectivity index (χ0v) is 4.71. The van der Waals surface area contributed by atoms with Crippen molar-refractivity contribution in [1.29, 1.82) is 0 Å². The molecule has 2 N–H and O–H groups in total. The third kappa shape index (κ3) is 1.90. The zero-order chi connectivity index (χ0) is 6.78. The molecule has 0 bridgehead atoms. The molecule has 0 aromatic heterocycles. The lowest BCUT2D eigenvalue weighted by Crippen LogP contribution is -2.35. The average Bonchev–Trinajstić information content (AvgIpc) is 1.62. The van der Waals surface area contributed by atoms with Gasteiger partial charge in [0.05, 0.1) is 7.11 Å². The lowest BCUT2D eigenvalue weighted by atomic mass is 10.3. The number of aliphatic hydroxyl groups is 2. The summed E-state index contributed by atoms with van der Waals surface area (Å²) in [6, 6.07) is 0. The van der Waals surface area contributed by atoms with Crippen LogP contribution in [0.3, 0.4) is 0 Å². The maximum atomic E-state index is 10.1. The summed E-state index contributed by atoms with van der Waals surface area (Å²) >= 11 is 0. The topological polar surface area (TPSA) is 66.8 Å². The number of carbonyl (C=O) groups is 1. The highest BCUT2D eigenvalue weighted by Gasteiger charge is 2.27. The van der Waals surface area contributed by atoms with Crippen LogP contribution in [0.15, 0.2) is 0 Å². The summed E-state index contributed by atoms with van der Waals surface area (Å²) in [5.74, 6) is -3.41. The van der Waals surface area contributed by atoms with Gasteiger partial charge in [-0.25, -0.2) is 4.79 Å². The van der Waals surface area contributed by atoms with E-state index >= 15 is 0 Å². The number of hydrogen-bond donors (Lipinski definition) is 2. The molecule has 0 saturated carbocycles. The van der Waals surface area contributed by atoms with Crippen molar-refractivity contribution in [3.8, 4) is 0 Å². The summed E-state index contributed by atoms with van der Waals surface area (Å²) in [6.07, 6.45) is 0. The van der Waals surface area contributed by atoms with Crippen LogP contribution in [0.25, 0.3) is 0 Å². The van der Waals surface area contributed by atoms with Gasteiger partial charge in [0.25, 0.3) is 5.79 Å². The quantitative estimate of drug-likeness (QED) is 0.339. The fourth-order valence-corrected chi connectivity index (χ4v) is 0.193. The van der Waals surface area contributed by atoms with Crippen LogP contribution < -0.4 is 0 Å². The van der Waals surface area contributed by atoms with E-state index in [9.17, 15) is 4.79 Å². The first kappa shape index (κ1) is 7.39. The molecule has 0 aliphatic heterocycles. The minimum Gasteiger partial charge on any atom is -0.465 e. The standard InChI is InChI=1S/C4H8O4/c1-4(6,7)3(5)8-2/h6-7H,1-2H3. The maximum Gasteiger partial charge on any atom is 0.365 e. The molecule has 48 valence electrons. The van der Waals surface area contributed by atoms with Gasteiger partial charge in [-0.3, -0.25) is 0 Å². The fraction of sp³-hybridized carbons (Fsp3) is 0.750. The highest BCUT2D eigenvalue weighted by molar-refractivity contribution is 5.76. The van der Waals surface area contributed by atoms with E-state index in [1.807, 2.05) is 0 Å². The first-order chi connectivity index (χ1) is 3.48. The van der Waals surface area contributed by atoms with Crippen molar-refractivity contribution in [3.05, 3.63) is 0 Å². The normalized spacial score (nSPS) is 11.0. The van der Waals surface area contributed by atoms with Crippen LogP contribution in [0.5, 0.6) is 0 Å². The molecule has 0 fully saturated rings. The number of carbonyl (C=O) groups excluding carboxylic acids is 1. The number of ether oxygens (including phenoxy) is 1. The molecule has 0 heterocycles. The van der Waals surface area contributed by atoms with Gasteiger partial charge in [0.15, 0.2) is 0 Å². The Bertz CT molecular complexity index is 90.7. The van der Waals surface area contributed by atoms with Gasteiger partial charge in [0, 0.05) is 6.92 Å². The van der Waals surface area contributed by atoms with Crippen LogP contribution >= 0.6 is 0 Å². The third-order valence-corrected chi connectivity index (χ3v) is 0.572. The smallest absolute Gasteiger partial charge is 0.365 e. The van der Waals surface area contributed by atoms with Crippen LogP contribution in [-0.4, -0.2) is 29.1 Å². The van der Waals surface area contributed by atoms with E-state index < -0.39 is 11.8 Å². The average molecular weight is 120 g/mol. The van der Waals surface area contributed by atoms with E-state index in [1.54, 1.807) is 0 Å². The van der Waals surface area contributed by atoms with Gasteiger partial charge in [0.1, 0.15) is 0 Å². The van der Waals surface area contributed by atoms with Gasteiger partial charge in [-0.2, -0.15) is 0 Å². The predicted molar refractivity (Wildman–Crippen MR) is 24.9 cm³/mol. The minimum atomic E-state index is -2.35. The first-order valence-electron chi connectivity index (χ1n) is 2.01. The summed E-state index contributed by atoms with van der Waals surface area (Å²) < 4.78 is 3.98. The molecule has 0 aliphatic carbocycles. The summed E-state index contributed by atoms with van der Waals surface area (Å²) in [6.45, 7) is 0.929. The van der Waals surface area contributed by atoms with Crippen molar-refractivity contribution in [2.45, 2.75) is 12.7 Å². The molecule has 0 unspecified atom stereocenters. The molecule has 0 radical (unpaired) electrons. The molecular formula is C4H8O4. The fourth-order valence-electron chi connectivity index (χ4n) is 0.193. The Hall–Kier alpha value is -0.610. The van der Waals surface area contributed by atoms with Crippen LogP contribution in [-0.2, 0) is 9.53 Å². The van der Waals surface area contributed by atoms with Crippen LogP contribution in [0, 0.1) is 0 Å². The van der Waals surface area contributed by atoms with Crippen molar-refractivity contribution in [2.75, 3.05) is 7.11 Å². The summed E-state index contributed by atoms with van der Waals surface area (Å²) in [5, 5.41) is 16.7. The van der Waals surface area contributed by atoms with Gasteiger partial charge in [0.2, 0.25) is 0 Å². The molecule has 4 heteroatoms. The Labute approximate surface area is 46.7 Å². The molecule has 0 aromatic carbocycles. The SMILES string of the molecule is COC(=O)C(C)(O)O. The number of esters is 1. The second kappa shape index (κ2) is 2.11. The maximum absolute atomic E-state index is 10.1. The molecule has 0 aliphatic rings. The van der Waals surface area contributed by atoms with Crippen LogP contribution in [0.2, 0.25) is 0 Å². The van der Waals surface area contributed by atoms with Gasteiger partial charge < -0.3 is 14.9 Å². The lowest BCUT2D eigenvalue weighted by molar-refractivity contribution is -0.200. The molecular weight excluding hydrogens is 112 g/mol. The third-order valence-electron chi connectivity index (χ3n) is 0.572. The van der Waals surface area contributed by atoms with E-state index in [2.05, 4.69) is 4.74 Å². The minimum absolute atomic E-state index is 0.929. The van der Waals surface area contributed by atoms with E-state index in [4.69, 9.17) is 10.2 Å². The number of methoxy groups -OCH3 is 1. The lowest BCUT2D eigenvalue weighted by Gasteiger charge is -2.10. The molecule has 4 nitrogen and oxygen atoms in total. The van der Waals surface area contributed by atoms with Gasteiger partial charge >= 0.3 is 5.97 Å². The van der Waals surface area contributed by atoms with Crippen molar-refractivity contribution < 1.29 is 19.7 Å². The van der Waals surface area contributed by atoms with Gasteiger partial charge in [-0.05, 0) is 0 Å². The van der Waals surface area contributed by atoms with E-state index in [1.165, 1.54) is 0 Å². The van der Waals surface area contributed by atoms with Crippen molar-refractivity contribution in [1.82, 2.24) is 0 Å². The van der Waals surface area contributed by atoms with Gasteiger partial charge in [-0.15, -0.1) is 0 Å². The van der Waals surface area contributed by atoms with E-state index in [0.717, 1.165) is 14.0 Å². The summed E-state index contributed by atoms with van der Waals surface area (Å²) in [4.78, 5) is 10.1. The molecule has 8 heavy (non-hydrogen) atoms. The summed E-state index contributed by atoms with van der Waals surface area (Å²) in [5.41, 5.74) is 0. The monoisotopic (exact) mass is 120 g/mol. The predicted octanol–water partition coefficient (Wildman–Crippen LogP) is -1.14. The van der Waals surface area contributed by atoms with E-state index in [0.29, 0.717) is 0 Å². The van der Waals surface area contributed by atoms with Gasteiger partial charge in [-0.1, -0.05) is 0 Å². The van der Waals surface area contributed by atoms with Crippen LogP contribution in [0.4, 0.5) is 0 Å². The molecule has 0 atom stereocenters. The van der Waals surface area contributed by atoms with Crippen molar-refractivity contribution >= 4 is 5.97 Å². The first-order valence-corrected chi connectivity index (χ1v) is 2.01. The Kier molecular flexibility index (Phi) is 1.94. The summed E-state index contributed by atoms with van der Waals surface area (Å²) in [7, 11) is 1.08. The highest BCUT2D eigenvalue weighted by atomic mass is 16.6. The number of rotatable bonds is 1. The highest BCUT2D eigenvalue weighted by Crippen LogP contribution is 1.97. The molecule has 0 amide bonds. The molecule has 0 aromatic rings. The Morgan fingerprint density at radius 2 is 2.00 bits per heavy atom. The molecule has 0 spiro atoms. The Morgan fingerprint density at radius 1 is 1.62 bits per heavy atom. The van der Waals surface area contributed by atoms with Crippen molar-refractivity contribution in [3.63, 3.8) is 0 Å². The number of hydrogen-bond acceptors (Lipinski definition) is 4.